The molecule has 0 fully saturated rings. The third kappa shape index (κ3) is 4.14. The molecule has 0 spiro atoms. The zero-order valence-corrected chi connectivity index (χ0v) is 13.9. The third-order valence-electron chi connectivity index (χ3n) is 2.21. The van der Waals surface area contributed by atoms with Crippen molar-refractivity contribution in [2.45, 2.75) is 6.61 Å². The Morgan fingerprint density at radius 1 is 1.26 bits per heavy atom. The van der Waals surface area contributed by atoms with E-state index < -0.39 is 0 Å². The maximum atomic E-state index is 5.96. The average molecular weight is 407 g/mol. The lowest BCUT2D eigenvalue weighted by molar-refractivity contribution is 0.178. The molecule has 1 aromatic heterocycles. The topological polar surface area (TPSA) is 47.0 Å². The quantitative estimate of drug-likeness (QED) is 0.756. The van der Waals surface area contributed by atoms with E-state index in [0.29, 0.717) is 23.4 Å². The fourth-order valence-corrected chi connectivity index (χ4v) is 2.36. The number of anilines is 2. The number of methoxy groups -OCH3 is 1. The second-order valence-electron chi connectivity index (χ2n) is 3.67. The largest absolute Gasteiger partial charge is 0.377 e. The van der Waals surface area contributed by atoms with Gasteiger partial charge in [0.2, 0.25) is 0 Å². The first-order valence-electron chi connectivity index (χ1n) is 5.33. The zero-order valence-electron chi connectivity index (χ0n) is 9.95. The maximum absolute atomic E-state index is 5.96. The van der Waals surface area contributed by atoms with Crippen molar-refractivity contribution in [3.05, 3.63) is 44.2 Å². The number of nitrogens with one attached hydrogen (secondary N) is 1. The number of benzene rings is 1. The molecule has 0 radical (unpaired) electrons. The molecule has 0 aliphatic rings. The second-order valence-corrected chi connectivity index (χ2v) is 5.83. The summed E-state index contributed by atoms with van der Waals surface area (Å²) in [5, 5.41) is 3.56. The first kappa shape index (κ1) is 14.7. The van der Waals surface area contributed by atoms with Crippen LogP contribution in [0.1, 0.15) is 5.82 Å². The molecule has 1 heterocycles. The lowest BCUT2D eigenvalue weighted by Crippen LogP contribution is -2.02. The van der Waals surface area contributed by atoms with Crippen LogP contribution in [0.5, 0.6) is 0 Å². The highest BCUT2D eigenvalue weighted by Gasteiger charge is 2.06. The molecule has 1 N–H and O–H groups in total. The minimum atomic E-state index is 0.314. The van der Waals surface area contributed by atoms with Crippen molar-refractivity contribution in [2.24, 2.45) is 0 Å². The second kappa shape index (κ2) is 6.65. The summed E-state index contributed by atoms with van der Waals surface area (Å²) < 4.78 is 6.90. The van der Waals surface area contributed by atoms with Crippen molar-refractivity contribution in [3.63, 3.8) is 0 Å². The van der Waals surface area contributed by atoms with Crippen molar-refractivity contribution in [2.75, 3.05) is 12.4 Å². The first-order valence-corrected chi connectivity index (χ1v) is 7.29. The Labute approximate surface area is 132 Å². The van der Waals surface area contributed by atoms with E-state index in [1.165, 1.54) is 0 Å². The van der Waals surface area contributed by atoms with Crippen LogP contribution in [0.3, 0.4) is 0 Å². The van der Waals surface area contributed by atoms with Gasteiger partial charge in [0.05, 0.1) is 5.69 Å². The standard InChI is InChI=1S/C12H10Br2ClN3O/c1-19-6-12-17-10(15)5-11(18-12)16-9-4-7(13)2-3-8(9)14/h2-5H,6H2,1H3,(H,16,17,18). The van der Waals surface area contributed by atoms with Crippen molar-refractivity contribution >= 4 is 55.0 Å². The molecule has 0 atom stereocenters. The van der Waals surface area contributed by atoms with Crippen molar-refractivity contribution in [1.29, 1.82) is 0 Å². The Morgan fingerprint density at radius 2 is 2.05 bits per heavy atom. The molecule has 0 aliphatic heterocycles. The Bertz CT molecular complexity index is 595. The molecule has 0 saturated carbocycles. The van der Waals surface area contributed by atoms with Crippen molar-refractivity contribution < 1.29 is 4.74 Å². The molecule has 2 rings (SSSR count). The summed E-state index contributed by atoms with van der Waals surface area (Å²) in [5.41, 5.74) is 0.882. The molecular formula is C12H10Br2ClN3O. The fourth-order valence-electron chi connectivity index (χ4n) is 1.45. The third-order valence-corrected chi connectivity index (χ3v) is 3.58. The normalized spacial score (nSPS) is 10.5. The minimum Gasteiger partial charge on any atom is -0.377 e. The number of aromatic nitrogens is 2. The fraction of sp³-hybridized carbons (Fsp3) is 0.167. The van der Waals surface area contributed by atoms with Gasteiger partial charge < -0.3 is 10.1 Å². The molecule has 0 bridgehead atoms. The monoisotopic (exact) mass is 405 g/mol. The van der Waals surface area contributed by atoms with Crippen LogP contribution in [0, 0.1) is 0 Å². The molecule has 0 aliphatic carbocycles. The number of rotatable bonds is 4. The van der Waals surface area contributed by atoms with Gasteiger partial charge >= 0.3 is 0 Å². The lowest BCUT2D eigenvalue weighted by Gasteiger charge is -2.09. The van der Waals surface area contributed by atoms with E-state index >= 15 is 0 Å². The van der Waals surface area contributed by atoms with Gasteiger partial charge in [-0.3, -0.25) is 0 Å². The summed E-state index contributed by atoms with van der Waals surface area (Å²) in [4.78, 5) is 8.40. The Kier molecular flexibility index (Phi) is 5.15. The van der Waals surface area contributed by atoms with Gasteiger partial charge in [-0.05, 0) is 34.1 Å². The van der Waals surface area contributed by atoms with E-state index in [1.54, 1.807) is 13.2 Å². The summed E-state index contributed by atoms with van der Waals surface area (Å²) in [5.74, 6) is 1.15. The summed E-state index contributed by atoms with van der Waals surface area (Å²) in [6, 6.07) is 7.48. The average Bonchev–Trinajstić information content (AvgIpc) is 2.33. The highest BCUT2D eigenvalue weighted by molar-refractivity contribution is 9.11. The molecule has 0 unspecified atom stereocenters. The van der Waals surface area contributed by atoms with Crippen LogP contribution in [0.4, 0.5) is 11.5 Å². The Morgan fingerprint density at radius 3 is 2.79 bits per heavy atom. The molecule has 1 aromatic carbocycles. The molecule has 19 heavy (non-hydrogen) atoms. The Hall–Kier alpha value is -0.690. The van der Waals surface area contributed by atoms with Crippen molar-refractivity contribution in [3.8, 4) is 0 Å². The number of nitrogens with zero attached hydrogens (tertiary/aromatic N) is 2. The molecular weight excluding hydrogens is 397 g/mol. The van der Waals surface area contributed by atoms with Crippen molar-refractivity contribution in [1.82, 2.24) is 9.97 Å². The molecule has 4 nitrogen and oxygen atoms in total. The summed E-state index contributed by atoms with van der Waals surface area (Å²) in [7, 11) is 1.59. The number of hydrogen-bond acceptors (Lipinski definition) is 4. The van der Waals surface area contributed by atoms with Gasteiger partial charge in [0, 0.05) is 22.1 Å². The van der Waals surface area contributed by atoms with Gasteiger partial charge in [-0.1, -0.05) is 27.5 Å². The van der Waals surface area contributed by atoms with Crippen LogP contribution < -0.4 is 5.32 Å². The summed E-state index contributed by atoms with van der Waals surface area (Å²) in [6.07, 6.45) is 0. The van der Waals surface area contributed by atoms with Crippen LogP contribution in [0.25, 0.3) is 0 Å². The van der Waals surface area contributed by atoms with E-state index in [0.717, 1.165) is 14.6 Å². The van der Waals surface area contributed by atoms with Gasteiger partial charge in [-0.2, -0.15) is 0 Å². The van der Waals surface area contributed by atoms with E-state index in [9.17, 15) is 0 Å². The highest BCUT2D eigenvalue weighted by Crippen LogP contribution is 2.28. The molecule has 2 aromatic rings. The van der Waals surface area contributed by atoms with Gasteiger partial charge in [0.25, 0.3) is 0 Å². The number of ether oxygens (including phenoxy) is 1. The van der Waals surface area contributed by atoms with Gasteiger partial charge in [-0.25, -0.2) is 9.97 Å². The minimum absolute atomic E-state index is 0.314. The highest BCUT2D eigenvalue weighted by atomic mass is 79.9. The SMILES string of the molecule is COCc1nc(Cl)cc(Nc2cc(Br)ccc2Br)n1. The molecule has 0 saturated heterocycles. The molecule has 100 valence electrons. The number of halogens is 3. The van der Waals surface area contributed by atoms with E-state index in [1.807, 2.05) is 18.2 Å². The predicted octanol–water partition coefficient (Wildman–Crippen LogP) is 4.55. The van der Waals surface area contributed by atoms with Gasteiger partial charge in [0.1, 0.15) is 17.6 Å². The maximum Gasteiger partial charge on any atom is 0.158 e. The summed E-state index contributed by atoms with van der Waals surface area (Å²) in [6.45, 7) is 0.314. The summed E-state index contributed by atoms with van der Waals surface area (Å²) >= 11 is 12.9. The predicted molar refractivity (Wildman–Crippen MR) is 82.9 cm³/mol. The number of hydrogen-bond donors (Lipinski definition) is 1. The van der Waals surface area contributed by atoms with E-state index in [-0.39, 0.29) is 0 Å². The van der Waals surface area contributed by atoms with E-state index in [2.05, 4.69) is 47.1 Å². The van der Waals surface area contributed by atoms with Crippen LogP contribution in [0.15, 0.2) is 33.2 Å². The van der Waals surface area contributed by atoms with Gasteiger partial charge in [-0.15, -0.1) is 0 Å². The van der Waals surface area contributed by atoms with Crippen LogP contribution in [0.2, 0.25) is 5.15 Å². The smallest absolute Gasteiger partial charge is 0.158 e. The van der Waals surface area contributed by atoms with Crippen LogP contribution >= 0.6 is 43.5 Å². The lowest BCUT2D eigenvalue weighted by atomic mass is 10.3. The zero-order chi connectivity index (χ0) is 13.8. The Balaban J connectivity index is 2.29. The first-order chi connectivity index (χ1) is 9.08. The van der Waals surface area contributed by atoms with Gasteiger partial charge in [0.15, 0.2) is 5.82 Å². The van der Waals surface area contributed by atoms with E-state index in [4.69, 9.17) is 16.3 Å². The molecule has 7 heteroatoms. The molecule has 0 amide bonds. The van der Waals surface area contributed by atoms with Crippen LogP contribution in [-0.2, 0) is 11.3 Å². The van der Waals surface area contributed by atoms with Crippen LogP contribution in [-0.4, -0.2) is 17.1 Å².